The van der Waals surface area contributed by atoms with Gasteiger partial charge in [-0.2, -0.15) is 4.68 Å². The van der Waals surface area contributed by atoms with Gasteiger partial charge in [0.05, 0.1) is 10.7 Å². The number of rotatable bonds is 3. The van der Waals surface area contributed by atoms with E-state index in [2.05, 4.69) is 15.5 Å². The van der Waals surface area contributed by atoms with Crippen LogP contribution in [0.4, 0.5) is 4.39 Å². The van der Waals surface area contributed by atoms with Crippen molar-refractivity contribution in [2.45, 2.75) is 6.42 Å². The van der Waals surface area contributed by atoms with E-state index in [4.69, 9.17) is 17.3 Å². The first-order chi connectivity index (χ1) is 7.72. The lowest BCUT2D eigenvalue weighted by Gasteiger charge is -2.04. The summed E-state index contributed by atoms with van der Waals surface area (Å²) in [5, 5.41) is 11.2. The molecule has 5 nitrogen and oxygen atoms in total. The maximum absolute atomic E-state index is 13.0. The molecule has 2 N–H and O–H groups in total. The highest BCUT2D eigenvalue weighted by atomic mass is 35.5. The van der Waals surface area contributed by atoms with Gasteiger partial charge in [0, 0.05) is 6.42 Å². The van der Waals surface area contributed by atoms with Crippen LogP contribution in [0.25, 0.3) is 5.69 Å². The normalized spacial score (nSPS) is 10.7. The summed E-state index contributed by atoms with van der Waals surface area (Å²) in [5.41, 5.74) is 6.04. The quantitative estimate of drug-likeness (QED) is 0.869. The van der Waals surface area contributed by atoms with E-state index in [1.807, 2.05) is 0 Å². The molecule has 0 amide bonds. The molecule has 1 aromatic carbocycles. The van der Waals surface area contributed by atoms with Gasteiger partial charge in [0.1, 0.15) is 5.82 Å². The molecular formula is C9H9ClFN5. The van der Waals surface area contributed by atoms with Crippen LogP contribution in [0.5, 0.6) is 0 Å². The van der Waals surface area contributed by atoms with Crippen molar-refractivity contribution in [3.63, 3.8) is 0 Å². The van der Waals surface area contributed by atoms with Crippen molar-refractivity contribution in [1.29, 1.82) is 0 Å². The van der Waals surface area contributed by atoms with Crippen molar-refractivity contribution < 1.29 is 4.39 Å². The molecule has 0 spiro atoms. The fraction of sp³-hybridized carbons (Fsp3) is 0.222. The zero-order chi connectivity index (χ0) is 11.5. The highest BCUT2D eigenvalue weighted by Crippen LogP contribution is 2.18. The molecule has 0 atom stereocenters. The molecule has 0 saturated carbocycles. The third kappa shape index (κ3) is 2.02. The SMILES string of the molecule is NCCc1nnnn1-c1ccc(F)c(Cl)c1. The average Bonchev–Trinajstić information content (AvgIpc) is 2.71. The minimum atomic E-state index is -0.473. The number of nitrogens with zero attached hydrogens (tertiary/aromatic N) is 4. The van der Waals surface area contributed by atoms with Gasteiger partial charge >= 0.3 is 0 Å². The summed E-state index contributed by atoms with van der Waals surface area (Å²) in [4.78, 5) is 0. The molecule has 0 aliphatic heterocycles. The van der Waals surface area contributed by atoms with Crippen molar-refractivity contribution >= 4 is 11.6 Å². The second-order valence-electron chi connectivity index (χ2n) is 3.14. The van der Waals surface area contributed by atoms with E-state index in [0.29, 0.717) is 24.5 Å². The second-order valence-corrected chi connectivity index (χ2v) is 3.55. The highest BCUT2D eigenvalue weighted by molar-refractivity contribution is 6.30. The van der Waals surface area contributed by atoms with Gasteiger partial charge in [0.2, 0.25) is 0 Å². The summed E-state index contributed by atoms with van der Waals surface area (Å²) < 4.78 is 14.5. The zero-order valence-corrected chi connectivity index (χ0v) is 9.02. The maximum Gasteiger partial charge on any atom is 0.157 e. The molecule has 2 rings (SSSR count). The predicted molar refractivity (Wildman–Crippen MR) is 56.9 cm³/mol. The largest absolute Gasteiger partial charge is 0.330 e. The molecule has 0 bridgehead atoms. The number of halogens is 2. The number of benzene rings is 1. The van der Waals surface area contributed by atoms with Crippen LogP contribution in [-0.2, 0) is 6.42 Å². The van der Waals surface area contributed by atoms with Crippen molar-refractivity contribution in [3.8, 4) is 5.69 Å². The third-order valence-electron chi connectivity index (χ3n) is 2.05. The fourth-order valence-corrected chi connectivity index (χ4v) is 1.48. The summed E-state index contributed by atoms with van der Waals surface area (Å²) in [6.45, 7) is 0.440. The predicted octanol–water partition coefficient (Wildman–Crippen LogP) is 0.956. The Labute approximate surface area is 96.0 Å². The number of hydrogen-bond acceptors (Lipinski definition) is 4. The number of nitrogens with two attached hydrogens (primary N) is 1. The minimum absolute atomic E-state index is 0.0340. The van der Waals surface area contributed by atoms with Crippen molar-refractivity contribution in [1.82, 2.24) is 20.2 Å². The molecule has 16 heavy (non-hydrogen) atoms. The van der Waals surface area contributed by atoms with Gasteiger partial charge in [-0.3, -0.25) is 0 Å². The summed E-state index contributed by atoms with van der Waals surface area (Å²) in [7, 11) is 0. The van der Waals surface area contributed by atoms with Gasteiger partial charge in [0.25, 0.3) is 0 Å². The van der Waals surface area contributed by atoms with Crippen LogP contribution in [-0.4, -0.2) is 26.8 Å². The molecule has 84 valence electrons. The first kappa shape index (κ1) is 11.0. The van der Waals surface area contributed by atoms with Gasteiger partial charge < -0.3 is 5.73 Å². The molecule has 7 heteroatoms. The Morgan fingerprint density at radius 3 is 2.94 bits per heavy atom. The first-order valence-electron chi connectivity index (χ1n) is 4.65. The first-order valence-corrected chi connectivity index (χ1v) is 5.03. The molecule has 0 aliphatic carbocycles. The molecular weight excluding hydrogens is 233 g/mol. The van der Waals surface area contributed by atoms with Gasteiger partial charge in [-0.25, -0.2) is 4.39 Å². The molecule has 0 unspecified atom stereocenters. The Bertz CT molecular complexity index is 498. The van der Waals surface area contributed by atoms with Crippen molar-refractivity contribution in [3.05, 3.63) is 34.9 Å². The van der Waals surface area contributed by atoms with Crippen LogP contribution in [0.3, 0.4) is 0 Å². The molecule has 1 heterocycles. The fourth-order valence-electron chi connectivity index (χ4n) is 1.31. The number of aromatic nitrogens is 4. The number of hydrogen-bond donors (Lipinski definition) is 1. The van der Waals surface area contributed by atoms with Crippen LogP contribution in [0.1, 0.15) is 5.82 Å². The smallest absolute Gasteiger partial charge is 0.157 e. The topological polar surface area (TPSA) is 69.6 Å². The van der Waals surface area contributed by atoms with E-state index in [-0.39, 0.29) is 5.02 Å². The molecule has 0 aliphatic rings. The number of tetrazole rings is 1. The Kier molecular flexibility index (Phi) is 3.12. The Morgan fingerprint density at radius 2 is 2.25 bits per heavy atom. The van der Waals surface area contributed by atoms with Crippen molar-refractivity contribution in [2.24, 2.45) is 5.73 Å². The van der Waals surface area contributed by atoms with Crippen LogP contribution < -0.4 is 5.73 Å². The van der Waals surface area contributed by atoms with E-state index >= 15 is 0 Å². The lowest BCUT2D eigenvalue weighted by molar-refractivity contribution is 0.626. The van der Waals surface area contributed by atoms with Crippen LogP contribution in [0.2, 0.25) is 5.02 Å². The average molecular weight is 242 g/mol. The zero-order valence-electron chi connectivity index (χ0n) is 8.27. The van der Waals surface area contributed by atoms with E-state index in [9.17, 15) is 4.39 Å². The molecule has 0 fully saturated rings. The van der Waals surface area contributed by atoms with Gasteiger partial charge in [-0.1, -0.05) is 11.6 Å². The van der Waals surface area contributed by atoms with E-state index < -0.39 is 5.82 Å². The molecule has 2 aromatic rings. The van der Waals surface area contributed by atoms with Crippen LogP contribution >= 0.6 is 11.6 Å². The Morgan fingerprint density at radius 1 is 1.44 bits per heavy atom. The van der Waals surface area contributed by atoms with Gasteiger partial charge in [0.15, 0.2) is 5.82 Å². The van der Waals surface area contributed by atoms with Crippen molar-refractivity contribution in [2.75, 3.05) is 6.54 Å². The summed E-state index contributed by atoms with van der Waals surface area (Å²) in [6.07, 6.45) is 0.544. The summed E-state index contributed by atoms with van der Waals surface area (Å²) >= 11 is 5.68. The lowest BCUT2D eigenvalue weighted by atomic mass is 10.3. The van der Waals surface area contributed by atoms with E-state index in [0.717, 1.165) is 0 Å². The second kappa shape index (κ2) is 4.54. The van der Waals surface area contributed by atoms with E-state index in [1.165, 1.54) is 16.8 Å². The Hall–Kier alpha value is -1.53. The minimum Gasteiger partial charge on any atom is -0.330 e. The van der Waals surface area contributed by atoms with Crippen LogP contribution in [0, 0.1) is 5.82 Å². The highest BCUT2D eigenvalue weighted by Gasteiger charge is 2.09. The lowest BCUT2D eigenvalue weighted by Crippen LogP contribution is -2.09. The van der Waals surface area contributed by atoms with Gasteiger partial charge in [-0.05, 0) is 35.2 Å². The molecule has 0 saturated heterocycles. The molecule has 0 radical (unpaired) electrons. The standard InChI is InChI=1S/C9H9ClFN5/c10-7-5-6(1-2-8(7)11)16-9(3-4-12)13-14-15-16/h1-2,5H,3-4,12H2. The van der Waals surface area contributed by atoms with Crippen LogP contribution in [0.15, 0.2) is 18.2 Å². The van der Waals surface area contributed by atoms with Gasteiger partial charge in [-0.15, -0.1) is 5.10 Å². The Balaban J connectivity index is 2.42. The molecule has 1 aromatic heterocycles. The third-order valence-corrected chi connectivity index (χ3v) is 2.34. The summed E-state index contributed by atoms with van der Waals surface area (Å²) in [6, 6.07) is 4.29. The maximum atomic E-state index is 13.0. The monoisotopic (exact) mass is 241 g/mol. The summed E-state index contributed by atoms with van der Waals surface area (Å²) in [5.74, 6) is 0.143. The van der Waals surface area contributed by atoms with E-state index in [1.54, 1.807) is 6.07 Å².